The molecule has 30 heavy (non-hydrogen) atoms. The Morgan fingerprint density at radius 1 is 1.27 bits per heavy atom. The van der Waals surface area contributed by atoms with Crippen molar-refractivity contribution in [1.29, 1.82) is 0 Å². The van der Waals surface area contributed by atoms with Gasteiger partial charge in [-0.15, -0.1) is 11.3 Å². The number of nitrogens with one attached hydrogen (secondary N) is 1. The molecule has 162 valence electrons. The molecule has 0 radical (unpaired) electrons. The monoisotopic (exact) mass is 429 g/mol. The lowest BCUT2D eigenvalue weighted by molar-refractivity contribution is -0.126. The van der Waals surface area contributed by atoms with Gasteiger partial charge in [0.15, 0.2) is 0 Å². The molecule has 0 aliphatic carbocycles. The van der Waals surface area contributed by atoms with Crippen LogP contribution in [0.4, 0.5) is 0 Å². The van der Waals surface area contributed by atoms with Gasteiger partial charge in [0.1, 0.15) is 16.5 Å². The number of hydrogen-bond donors (Lipinski definition) is 1. The van der Waals surface area contributed by atoms with E-state index in [0.29, 0.717) is 18.8 Å². The Balaban J connectivity index is 1.59. The number of piperidine rings is 1. The summed E-state index contributed by atoms with van der Waals surface area (Å²) in [5, 5.41) is 5.60. The number of aromatic nitrogens is 1. The molecule has 1 aliphatic rings. The van der Waals surface area contributed by atoms with Crippen LogP contribution in [-0.4, -0.2) is 48.4 Å². The quantitative estimate of drug-likeness (QED) is 0.601. The molecule has 2 heterocycles. The molecular formula is C23H31N3O3S. The van der Waals surface area contributed by atoms with Gasteiger partial charge in [-0.25, -0.2) is 4.98 Å². The number of hydrogen-bond acceptors (Lipinski definition) is 5. The number of methoxy groups -OCH3 is 1. The second-order valence-electron chi connectivity index (χ2n) is 7.68. The fraction of sp³-hybridized carbons (Fsp3) is 0.522. The van der Waals surface area contributed by atoms with Crippen LogP contribution >= 0.6 is 11.3 Å². The molecule has 0 saturated carbocycles. The number of benzene rings is 1. The molecule has 1 fully saturated rings. The Kier molecular flexibility index (Phi) is 8.25. The number of amides is 2. The highest BCUT2D eigenvalue weighted by Crippen LogP contribution is 2.32. The molecule has 0 bridgehead atoms. The van der Waals surface area contributed by atoms with Crippen LogP contribution in [0.3, 0.4) is 0 Å². The minimum absolute atomic E-state index is 0.0667. The average Bonchev–Trinajstić information content (AvgIpc) is 3.28. The molecule has 1 unspecified atom stereocenters. The second kappa shape index (κ2) is 11.1. The van der Waals surface area contributed by atoms with E-state index in [2.05, 4.69) is 17.2 Å². The smallest absolute Gasteiger partial charge is 0.273 e. The normalized spacial score (nSPS) is 16.3. The van der Waals surface area contributed by atoms with Crippen molar-refractivity contribution in [2.75, 3.05) is 26.7 Å². The van der Waals surface area contributed by atoms with Crippen molar-refractivity contribution in [3.63, 3.8) is 0 Å². The fourth-order valence-corrected chi connectivity index (χ4v) is 4.59. The van der Waals surface area contributed by atoms with Gasteiger partial charge in [0, 0.05) is 25.0 Å². The van der Waals surface area contributed by atoms with Crippen LogP contribution in [0.1, 0.15) is 55.9 Å². The molecule has 0 spiro atoms. The SMILES string of the molecule is CCCCCCNC(=O)C1CCCN(C(=O)c2csc(-c3ccccc3OC)n2)C1. The summed E-state index contributed by atoms with van der Waals surface area (Å²) in [6.07, 6.45) is 6.20. The molecule has 1 aromatic heterocycles. The lowest BCUT2D eigenvalue weighted by atomic mass is 9.97. The third-order valence-corrected chi connectivity index (χ3v) is 6.35. The highest BCUT2D eigenvalue weighted by molar-refractivity contribution is 7.13. The van der Waals surface area contributed by atoms with Crippen LogP contribution in [0.25, 0.3) is 10.6 Å². The Bertz CT molecular complexity index is 852. The van der Waals surface area contributed by atoms with E-state index < -0.39 is 0 Å². The number of likely N-dealkylation sites (tertiary alicyclic amines) is 1. The van der Waals surface area contributed by atoms with Crippen molar-refractivity contribution >= 4 is 23.2 Å². The summed E-state index contributed by atoms with van der Waals surface area (Å²) in [6.45, 7) is 4.02. The summed E-state index contributed by atoms with van der Waals surface area (Å²) in [6, 6.07) is 7.66. The number of rotatable bonds is 9. The van der Waals surface area contributed by atoms with Crippen LogP contribution < -0.4 is 10.1 Å². The maximum Gasteiger partial charge on any atom is 0.273 e. The summed E-state index contributed by atoms with van der Waals surface area (Å²) in [7, 11) is 1.63. The molecule has 1 N–H and O–H groups in total. The van der Waals surface area contributed by atoms with Gasteiger partial charge in [0.25, 0.3) is 5.91 Å². The van der Waals surface area contributed by atoms with E-state index in [0.717, 1.165) is 48.5 Å². The van der Waals surface area contributed by atoms with E-state index in [1.165, 1.54) is 24.2 Å². The first kappa shape index (κ1) is 22.3. The zero-order valence-electron chi connectivity index (χ0n) is 17.9. The van der Waals surface area contributed by atoms with Gasteiger partial charge in [-0.1, -0.05) is 38.3 Å². The number of thiazole rings is 1. The van der Waals surface area contributed by atoms with E-state index in [-0.39, 0.29) is 17.7 Å². The van der Waals surface area contributed by atoms with Gasteiger partial charge in [-0.2, -0.15) is 0 Å². The molecule has 1 saturated heterocycles. The standard InChI is InChI=1S/C23H31N3O3S/c1-3-4-5-8-13-24-21(27)17-10-9-14-26(15-17)23(28)19-16-30-22(25-19)18-11-6-7-12-20(18)29-2/h6-7,11-12,16-17H,3-5,8-10,13-15H2,1-2H3,(H,24,27). The zero-order valence-corrected chi connectivity index (χ0v) is 18.7. The van der Waals surface area contributed by atoms with E-state index in [1.807, 2.05) is 24.3 Å². The molecule has 1 atom stereocenters. The summed E-state index contributed by atoms with van der Waals surface area (Å²) >= 11 is 1.43. The summed E-state index contributed by atoms with van der Waals surface area (Å²) in [5.41, 5.74) is 1.31. The predicted molar refractivity (Wildman–Crippen MR) is 120 cm³/mol. The molecule has 7 heteroatoms. The number of unbranched alkanes of at least 4 members (excludes halogenated alkanes) is 3. The van der Waals surface area contributed by atoms with Crippen LogP contribution in [0.5, 0.6) is 5.75 Å². The van der Waals surface area contributed by atoms with E-state index >= 15 is 0 Å². The van der Waals surface area contributed by atoms with Crippen LogP contribution in [0, 0.1) is 5.92 Å². The maximum absolute atomic E-state index is 13.0. The molecule has 3 rings (SSSR count). The van der Waals surface area contributed by atoms with Crippen molar-refractivity contribution in [3.05, 3.63) is 35.3 Å². The van der Waals surface area contributed by atoms with Gasteiger partial charge < -0.3 is 15.0 Å². The number of carbonyl (C=O) groups excluding carboxylic acids is 2. The first-order chi connectivity index (χ1) is 14.6. The number of carbonyl (C=O) groups is 2. The Morgan fingerprint density at radius 3 is 2.90 bits per heavy atom. The maximum atomic E-state index is 13.0. The number of ether oxygens (including phenoxy) is 1. The van der Waals surface area contributed by atoms with Crippen molar-refractivity contribution in [2.24, 2.45) is 5.92 Å². The van der Waals surface area contributed by atoms with Crippen molar-refractivity contribution < 1.29 is 14.3 Å². The first-order valence-corrected chi connectivity index (χ1v) is 11.7. The van der Waals surface area contributed by atoms with E-state index in [4.69, 9.17) is 4.74 Å². The number of para-hydroxylation sites is 1. The highest BCUT2D eigenvalue weighted by Gasteiger charge is 2.29. The third-order valence-electron chi connectivity index (χ3n) is 5.47. The molecule has 6 nitrogen and oxygen atoms in total. The van der Waals surface area contributed by atoms with Crippen LogP contribution in [0.2, 0.25) is 0 Å². The topological polar surface area (TPSA) is 71.5 Å². The van der Waals surface area contributed by atoms with Gasteiger partial charge >= 0.3 is 0 Å². The van der Waals surface area contributed by atoms with Gasteiger partial charge in [0.2, 0.25) is 5.91 Å². The van der Waals surface area contributed by atoms with Gasteiger partial charge in [0.05, 0.1) is 18.6 Å². The molecule has 2 aromatic rings. The highest BCUT2D eigenvalue weighted by atomic mass is 32.1. The lowest BCUT2D eigenvalue weighted by Gasteiger charge is -2.31. The summed E-state index contributed by atoms with van der Waals surface area (Å²) < 4.78 is 5.41. The van der Waals surface area contributed by atoms with E-state index in [1.54, 1.807) is 17.4 Å². The third kappa shape index (κ3) is 5.59. The Hall–Kier alpha value is -2.41. The molecular weight excluding hydrogens is 398 g/mol. The fourth-order valence-electron chi connectivity index (χ4n) is 3.76. The number of nitrogens with zero attached hydrogens (tertiary/aromatic N) is 2. The minimum atomic E-state index is -0.138. The molecule has 1 aliphatic heterocycles. The largest absolute Gasteiger partial charge is 0.496 e. The van der Waals surface area contributed by atoms with E-state index in [9.17, 15) is 9.59 Å². The Morgan fingerprint density at radius 2 is 2.10 bits per heavy atom. The minimum Gasteiger partial charge on any atom is -0.496 e. The van der Waals surface area contributed by atoms with Crippen LogP contribution in [0.15, 0.2) is 29.6 Å². The van der Waals surface area contributed by atoms with Crippen molar-refractivity contribution in [1.82, 2.24) is 15.2 Å². The summed E-state index contributed by atoms with van der Waals surface area (Å²) in [5.74, 6) is 0.561. The second-order valence-corrected chi connectivity index (χ2v) is 8.54. The first-order valence-electron chi connectivity index (χ1n) is 10.8. The summed E-state index contributed by atoms with van der Waals surface area (Å²) in [4.78, 5) is 31.9. The van der Waals surface area contributed by atoms with Gasteiger partial charge in [-0.05, 0) is 31.4 Å². The molecule has 2 amide bonds. The molecule has 1 aromatic carbocycles. The Labute approximate surface area is 182 Å². The average molecular weight is 430 g/mol. The lowest BCUT2D eigenvalue weighted by Crippen LogP contribution is -2.45. The predicted octanol–water partition coefficient (Wildman–Crippen LogP) is 4.37. The van der Waals surface area contributed by atoms with Crippen LogP contribution in [-0.2, 0) is 4.79 Å². The van der Waals surface area contributed by atoms with Crippen molar-refractivity contribution in [2.45, 2.75) is 45.4 Å². The van der Waals surface area contributed by atoms with Gasteiger partial charge in [-0.3, -0.25) is 9.59 Å². The van der Waals surface area contributed by atoms with Crippen molar-refractivity contribution in [3.8, 4) is 16.3 Å². The zero-order chi connectivity index (χ0) is 21.3.